The standard InChI is InChI=1S/C15H28N2O2/c1-6-7-8-12(11(2)3)15(4,19)14(18)13-9-10-16-17(13)5/h9-12,14,18-19H,6-8H2,1-5H3. The lowest BCUT2D eigenvalue weighted by Gasteiger charge is -2.39. The molecular formula is C15H28N2O2. The van der Waals surface area contributed by atoms with E-state index in [9.17, 15) is 10.2 Å². The fourth-order valence-corrected chi connectivity index (χ4v) is 2.88. The van der Waals surface area contributed by atoms with Crippen molar-refractivity contribution in [3.8, 4) is 0 Å². The number of unbranched alkanes of at least 4 members (excludes halogenated alkanes) is 1. The Morgan fingerprint density at radius 2 is 2.05 bits per heavy atom. The Bertz CT molecular complexity index is 385. The first-order valence-corrected chi connectivity index (χ1v) is 7.20. The first kappa shape index (κ1) is 16.2. The van der Waals surface area contributed by atoms with E-state index in [1.807, 2.05) is 0 Å². The first-order chi connectivity index (χ1) is 8.82. The highest BCUT2D eigenvalue weighted by Crippen LogP contribution is 2.38. The van der Waals surface area contributed by atoms with Crippen LogP contribution in [0.1, 0.15) is 58.8 Å². The average molecular weight is 268 g/mol. The summed E-state index contributed by atoms with van der Waals surface area (Å²) in [6.45, 7) is 8.09. The second-order valence-electron chi connectivity index (χ2n) is 6.00. The molecule has 0 aliphatic heterocycles. The van der Waals surface area contributed by atoms with Gasteiger partial charge in [-0.25, -0.2) is 0 Å². The Hall–Kier alpha value is -0.870. The minimum absolute atomic E-state index is 0.0670. The summed E-state index contributed by atoms with van der Waals surface area (Å²) in [4.78, 5) is 0. The van der Waals surface area contributed by atoms with Gasteiger partial charge in [0.05, 0.1) is 11.3 Å². The number of hydrogen-bond acceptors (Lipinski definition) is 3. The van der Waals surface area contributed by atoms with Crippen molar-refractivity contribution in [3.05, 3.63) is 18.0 Å². The van der Waals surface area contributed by atoms with Crippen molar-refractivity contribution in [3.63, 3.8) is 0 Å². The average Bonchev–Trinajstić information content (AvgIpc) is 2.74. The Balaban J connectivity index is 2.95. The van der Waals surface area contributed by atoms with Crippen LogP contribution in [0.25, 0.3) is 0 Å². The fourth-order valence-electron chi connectivity index (χ4n) is 2.88. The number of aliphatic hydroxyl groups excluding tert-OH is 1. The molecule has 3 atom stereocenters. The van der Waals surface area contributed by atoms with Gasteiger partial charge in [-0.3, -0.25) is 4.68 Å². The molecule has 1 rings (SSSR count). The zero-order chi connectivity index (χ0) is 14.6. The second kappa shape index (κ2) is 6.53. The fraction of sp³-hybridized carbons (Fsp3) is 0.800. The van der Waals surface area contributed by atoms with Crippen molar-refractivity contribution in [1.82, 2.24) is 9.78 Å². The third kappa shape index (κ3) is 3.57. The van der Waals surface area contributed by atoms with E-state index < -0.39 is 11.7 Å². The monoisotopic (exact) mass is 268 g/mol. The summed E-state index contributed by atoms with van der Waals surface area (Å²) in [6, 6.07) is 1.76. The van der Waals surface area contributed by atoms with E-state index >= 15 is 0 Å². The van der Waals surface area contributed by atoms with Crippen LogP contribution in [-0.4, -0.2) is 25.6 Å². The maximum absolute atomic E-state index is 10.8. The number of nitrogens with zero attached hydrogens (tertiary/aromatic N) is 2. The molecule has 0 aliphatic carbocycles. The third-order valence-corrected chi connectivity index (χ3v) is 4.12. The molecule has 110 valence electrons. The Morgan fingerprint density at radius 3 is 2.47 bits per heavy atom. The van der Waals surface area contributed by atoms with E-state index in [-0.39, 0.29) is 5.92 Å². The van der Waals surface area contributed by atoms with Crippen LogP contribution in [0.15, 0.2) is 12.3 Å². The van der Waals surface area contributed by atoms with Gasteiger partial charge in [0.25, 0.3) is 0 Å². The molecule has 19 heavy (non-hydrogen) atoms. The van der Waals surface area contributed by atoms with Crippen molar-refractivity contribution < 1.29 is 10.2 Å². The van der Waals surface area contributed by atoms with Crippen LogP contribution in [-0.2, 0) is 7.05 Å². The highest BCUT2D eigenvalue weighted by molar-refractivity contribution is 5.10. The van der Waals surface area contributed by atoms with Gasteiger partial charge in [0.2, 0.25) is 0 Å². The highest BCUT2D eigenvalue weighted by atomic mass is 16.3. The molecule has 0 saturated heterocycles. The maximum atomic E-state index is 10.8. The van der Waals surface area contributed by atoms with Gasteiger partial charge in [-0.05, 0) is 31.2 Å². The predicted octanol–water partition coefficient (Wildman–Crippen LogP) is 2.67. The van der Waals surface area contributed by atoms with Crippen LogP contribution in [0.2, 0.25) is 0 Å². The molecule has 3 unspecified atom stereocenters. The Kier molecular flexibility index (Phi) is 5.56. The summed E-state index contributed by atoms with van der Waals surface area (Å²) in [7, 11) is 1.78. The zero-order valence-corrected chi connectivity index (χ0v) is 12.8. The van der Waals surface area contributed by atoms with Gasteiger partial charge in [0, 0.05) is 13.2 Å². The van der Waals surface area contributed by atoms with Gasteiger partial charge < -0.3 is 10.2 Å². The van der Waals surface area contributed by atoms with Crippen molar-refractivity contribution in [2.24, 2.45) is 18.9 Å². The molecule has 1 aromatic heterocycles. The molecule has 4 heteroatoms. The van der Waals surface area contributed by atoms with E-state index in [1.165, 1.54) is 0 Å². The van der Waals surface area contributed by atoms with Gasteiger partial charge in [-0.2, -0.15) is 5.10 Å². The summed E-state index contributed by atoms with van der Waals surface area (Å²) < 4.78 is 1.62. The molecule has 0 aliphatic rings. The molecule has 0 aromatic carbocycles. The zero-order valence-electron chi connectivity index (χ0n) is 12.8. The number of rotatable bonds is 7. The molecule has 0 bridgehead atoms. The Labute approximate surface area is 116 Å². The van der Waals surface area contributed by atoms with E-state index in [2.05, 4.69) is 25.9 Å². The van der Waals surface area contributed by atoms with E-state index in [0.29, 0.717) is 11.6 Å². The van der Waals surface area contributed by atoms with Gasteiger partial charge >= 0.3 is 0 Å². The first-order valence-electron chi connectivity index (χ1n) is 7.20. The lowest BCUT2D eigenvalue weighted by molar-refractivity contribution is -0.120. The van der Waals surface area contributed by atoms with Crippen molar-refractivity contribution in [1.29, 1.82) is 0 Å². The summed E-state index contributed by atoms with van der Waals surface area (Å²) in [5.74, 6) is 0.391. The largest absolute Gasteiger partial charge is 0.387 e. The molecule has 0 saturated carbocycles. The minimum atomic E-state index is -1.14. The Morgan fingerprint density at radius 1 is 1.42 bits per heavy atom. The quantitative estimate of drug-likeness (QED) is 0.799. The normalized spacial score (nSPS) is 18.3. The molecule has 1 heterocycles. The van der Waals surface area contributed by atoms with Crippen LogP contribution in [0.3, 0.4) is 0 Å². The molecule has 0 spiro atoms. The SMILES string of the molecule is CCCCC(C(C)C)C(C)(O)C(O)c1ccnn1C. The lowest BCUT2D eigenvalue weighted by Crippen LogP contribution is -2.44. The molecular weight excluding hydrogens is 240 g/mol. The van der Waals surface area contributed by atoms with Gasteiger partial charge in [0.15, 0.2) is 0 Å². The molecule has 0 amide bonds. The van der Waals surface area contributed by atoms with E-state index in [0.717, 1.165) is 19.3 Å². The van der Waals surface area contributed by atoms with Gasteiger partial charge in [0.1, 0.15) is 6.10 Å². The molecule has 1 aromatic rings. The number of aromatic nitrogens is 2. The van der Waals surface area contributed by atoms with Gasteiger partial charge in [-0.1, -0.05) is 33.6 Å². The summed E-state index contributed by atoms with van der Waals surface area (Å²) in [5.41, 5.74) is -0.482. The third-order valence-electron chi connectivity index (χ3n) is 4.12. The van der Waals surface area contributed by atoms with Crippen LogP contribution >= 0.6 is 0 Å². The summed E-state index contributed by atoms with van der Waals surface area (Å²) in [5, 5.41) is 25.4. The van der Waals surface area contributed by atoms with Crippen LogP contribution in [0.4, 0.5) is 0 Å². The highest BCUT2D eigenvalue weighted by Gasteiger charge is 2.41. The lowest BCUT2D eigenvalue weighted by atomic mass is 9.74. The second-order valence-corrected chi connectivity index (χ2v) is 6.00. The molecule has 2 N–H and O–H groups in total. The van der Waals surface area contributed by atoms with Crippen LogP contribution in [0.5, 0.6) is 0 Å². The summed E-state index contributed by atoms with van der Waals surface area (Å²) >= 11 is 0. The van der Waals surface area contributed by atoms with Crippen molar-refractivity contribution in [2.75, 3.05) is 0 Å². The van der Waals surface area contributed by atoms with Crippen molar-refractivity contribution >= 4 is 0 Å². The van der Waals surface area contributed by atoms with Gasteiger partial charge in [-0.15, -0.1) is 0 Å². The topological polar surface area (TPSA) is 58.3 Å². The van der Waals surface area contributed by atoms with Crippen LogP contribution < -0.4 is 0 Å². The molecule has 0 fully saturated rings. The predicted molar refractivity (Wildman–Crippen MR) is 76.6 cm³/mol. The molecule has 0 radical (unpaired) electrons. The number of aryl methyl sites for hydroxylation is 1. The maximum Gasteiger partial charge on any atom is 0.124 e. The van der Waals surface area contributed by atoms with E-state index in [1.54, 1.807) is 30.9 Å². The van der Waals surface area contributed by atoms with Crippen molar-refractivity contribution in [2.45, 2.75) is 58.7 Å². The van der Waals surface area contributed by atoms with E-state index in [4.69, 9.17) is 0 Å². The number of aliphatic hydroxyl groups is 2. The van der Waals surface area contributed by atoms with Crippen LogP contribution in [0, 0.1) is 11.8 Å². The number of hydrogen-bond donors (Lipinski definition) is 2. The minimum Gasteiger partial charge on any atom is -0.387 e. The molecule has 4 nitrogen and oxygen atoms in total. The summed E-state index contributed by atoms with van der Waals surface area (Å²) in [6.07, 6.45) is 3.82. The smallest absolute Gasteiger partial charge is 0.124 e.